The maximum Gasteiger partial charge on any atom is 0.235 e. The van der Waals surface area contributed by atoms with Crippen molar-refractivity contribution in [3.05, 3.63) is 340 Å². The van der Waals surface area contributed by atoms with Gasteiger partial charge in [0.2, 0.25) is 11.9 Å². The Kier molecular flexibility index (Phi) is 12.8. The summed E-state index contributed by atoms with van der Waals surface area (Å²) in [4.78, 5) is 21.8. The van der Waals surface area contributed by atoms with Gasteiger partial charge in [-0.15, -0.1) is 11.3 Å². The normalized spacial score (nSPS) is 12.0. The van der Waals surface area contributed by atoms with Crippen LogP contribution in [-0.4, -0.2) is 29.1 Å². The van der Waals surface area contributed by atoms with Gasteiger partial charge in [-0.1, -0.05) is 249 Å². The van der Waals surface area contributed by atoms with Crippen molar-refractivity contribution in [3.63, 3.8) is 0 Å². The third-order valence-corrected chi connectivity index (χ3v) is 22.5. The molecular weight excluding hydrogens is 1290 g/mol. The molecule has 0 aliphatic rings. The second-order valence-electron chi connectivity index (χ2n) is 27.2. The summed E-state index contributed by atoms with van der Waals surface area (Å²) in [7, 11) is 0. The second kappa shape index (κ2) is 22.9. The zero-order valence-corrected chi connectivity index (χ0v) is 56.6. The maximum absolute atomic E-state index is 6.49. The molecule has 104 heavy (non-hydrogen) atoms. The summed E-state index contributed by atoms with van der Waals surface area (Å²) >= 11 is 1.85. The van der Waals surface area contributed by atoms with Crippen molar-refractivity contribution < 1.29 is 4.42 Å². The van der Waals surface area contributed by atoms with Gasteiger partial charge >= 0.3 is 0 Å². The van der Waals surface area contributed by atoms with Crippen LogP contribution in [0.5, 0.6) is 0 Å². The molecule has 0 N–H and O–H groups in total. The van der Waals surface area contributed by atoms with E-state index in [1.165, 1.54) is 107 Å². The van der Waals surface area contributed by atoms with Gasteiger partial charge in [-0.2, -0.15) is 0 Å². The Morgan fingerprint density at radius 3 is 1.36 bits per heavy atom. The van der Waals surface area contributed by atoms with Crippen molar-refractivity contribution in [2.45, 2.75) is 0 Å². The van der Waals surface area contributed by atoms with E-state index in [9.17, 15) is 0 Å². The smallest absolute Gasteiger partial charge is 0.235 e. The average molecular weight is 1340 g/mol. The van der Waals surface area contributed by atoms with Crippen molar-refractivity contribution in [2.24, 2.45) is 0 Å². The molecule has 0 unspecified atom stereocenters. The second-order valence-corrected chi connectivity index (χ2v) is 28.2. The third-order valence-electron chi connectivity index (χ3n) is 21.3. The molecule has 482 valence electrons. The third kappa shape index (κ3) is 9.09. The molecule has 23 rings (SSSR count). The standard InChI is InChI=1S/C50H29N3S.C46H27N3O/c1-2-12-31-25-34(22-21-30(31)11-1)35-23-24-44-40(27-35)41-26-32-13-3-4-14-33(32)29-45(41)53(44)50-51-43-19-9-7-18-39(43)48(52-50)47-37-16-6-5-15-36(37)28-42-38-17-8-10-20-46(38)54-49(42)47;1-2-12-28(13-3-1)31-22-23-40-36(25-31)37-24-29-14-4-5-15-30(29)26-41(37)49(40)46-47-39-20-10-8-18-34(39)45(48-46)38-27-43-44(33-17-7-6-16-32(33)38)35-19-9-11-21-42(35)50-43/h1-29H;1-27H. The SMILES string of the molecule is c1ccc(-c2ccc3c(c2)c2cc4ccccc4cc2n3-c2nc(-c3cc4oc5ccccc5c4c4ccccc34)c3ccccc3n2)cc1.c1ccc2cc(-c3ccc4c(c3)c3cc5ccccc5cc3n4-c3nc(-c4c5ccccc5cc5c4sc4ccccc45)c4ccccc4n3)ccc2c1. The molecule has 6 heterocycles. The highest BCUT2D eigenvalue weighted by atomic mass is 32.1. The van der Waals surface area contributed by atoms with Gasteiger partial charge in [0.25, 0.3) is 0 Å². The quantitative estimate of drug-likeness (QED) is 0.166. The minimum atomic E-state index is 0.634. The Bertz CT molecular complexity index is 7570. The molecule has 0 amide bonds. The fraction of sp³-hybridized carbons (Fsp3) is 0. The molecular formula is C96H56N6OS. The van der Waals surface area contributed by atoms with E-state index in [4.69, 9.17) is 24.4 Å². The van der Waals surface area contributed by atoms with E-state index in [2.05, 4.69) is 337 Å². The predicted molar refractivity (Wildman–Crippen MR) is 437 cm³/mol. The molecule has 6 aromatic heterocycles. The lowest BCUT2D eigenvalue weighted by Crippen LogP contribution is -2.03. The largest absolute Gasteiger partial charge is 0.456 e. The lowest BCUT2D eigenvalue weighted by molar-refractivity contribution is 0.669. The van der Waals surface area contributed by atoms with E-state index >= 15 is 0 Å². The fourth-order valence-corrected chi connectivity index (χ4v) is 17.7. The number of nitrogens with zero attached hydrogens (tertiary/aromatic N) is 6. The molecule has 0 bridgehead atoms. The molecule has 0 atom stereocenters. The highest BCUT2D eigenvalue weighted by Gasteiger charge is 2.25. The molecule has 7 nitrogen and oxygen atoms in total. The Morgan fingerprint density at radius 1 is 0.250 bits per heavy atom. The molecule has 0 spiro atoms. The number of hydrogen-bond acceptors (Lipinski definition) is 6. The summed E-state index contributed by atoms with van der Waals surface area (Å²) in [6.07, 6.45) is 0. The van der Waals surface area contributed by atoms with Crippen LogP contribution in [0.25, 0.3) is 218 Å². The van der Waals surface area contributed by atoms with Crippen LogP contribution < -0.4 is 0 Å². The molecule has 8 heteroatoms. The van der Waals surface area contributed by atoms with Crippen molar-refractivity contribution in [1.29, 1.82) is 0 Å². The lowest BCUT2D eigenvalue weighted by Gasteiger charge is -2.14. The number of benzene rings is 17. The minimum absolute atomic E-state index is 0.634. The number of fused-ring (bicyclic) bond motifs is 20. The zero-order valence-electron chi connectivity index (χ0n) is 55.8. The fourth-order valence-electron chi connectivity index (χ4n) is 16.5. The van der Waals surface area contributed by atoms with Gasteiger partial charge in [0, 0.05) is 74.4 Å². The van der Waals surface area contributed by atoms with Crippen LogP contribution in [0.15, 0.2) is 344 Å². The van der Waals surface area contributed by atoms with E-state index in [1.54, 1.807) is 0 Å². The summed E-state index contributed by atoms with van der Waals surface area (Å²) in [5, 5.41) is 23.4. The van der Waals surface area contributed by atoms with Crippen LogP contribution in [0.4, 0.5) is 0 Å². The number of para-hydroxylation sites is 3. The van der Waals surface area contributed by atoms with Crippen molar-refractivity contribution in [2.75, 3.05) is 0 Å². The van der Waals surface area contributed by atoms with Crippen molar-refractivity contribution in [3.8, 4) is 56.7 Å². The van der Waals surface area contributed by atoms with Crippen molar-refractivity contribution in [1.82, 2.24) is 29.1 Å². The van der Waals surface area contributed by atoms with E-state index < -0.39 is 0 Å². The first-order valence-electron chi connectivity index (χ1n) is 35.2. The van der Waals surface area contributed by atoms with Gasteiger partial charge in [0.15, 0.2) is 0 Å². The van der Waals surface area contributed by atoms with Crippen LogP contribution in [0, 0.1) is 0 Å². The van der Waals surface area contributed by atoms with Gasteiger partial charge in [0.05, 0.1) is 44.5 Å². The van der Waals surface area contributed by atoms with Gasteiger partial charge in [0.1, 0.15) is 11.2 Å². The number of rotatable bonds is 6. The lowest BCUT2D eigenvalue weighted by atomic mass is 9.96. The van der Waals surface area contributed by atoms with Gasteiger partial charge in [-0.05, 0) is 167 Å². The molecule has 23 aromatic rings. The summed E-state index contributed by atoms with van der Waals surface area (Å²) < 4.78 is 13.5. The summed E-state index contributed by atoms with van der Waals surface area (Å²) in [5.74, 6) is 1.30. The minimum Gasteiger partial charge on any atom is -0.456 e. The Labute approximate surface area is 598 Å². The van der Waals surface area contributed by atoms with Crippen molar-refractivity contribution >= 4 is 173 Å². The van der Waals surface area contributed by atoms with E-state index in [0.29, 0.717) is 11.9 Å². The van der Waals surface area contributed by atoms with E-state index in [1.807, 2.05) is 23.5 Å². The first-order chi connectivity index (χ1) is 51.5. The Balaban J connectivity index is 0.000000131. The van der Waals surface area contributed by atoms with Gasteiger partial charge < -0.3 is 4.42 Å². The predicted octanol–water partition coefficient (Wildman–Crippen LogP) is 26.2. The monoisotopic (exact) mass is 1340 g/mol. The summed E-state index contributed by atoms with van der Waals surface area (Å²) in [6.45, 7) is 0. The molecule has 0 saturated heterocycles. The van der Waals surface area contributed by atoms with Crippen LogP contribution in [0.2, 0.25) is 0 Å². The topological polar surface area (TPSA) is 74.6 Å². The first-order valence-corrected chi connectivity index (χ1v) is 36.0. The molecule has 0 saturated carbocycles. The van der Waals surface area contributed by atoms with Crippen LogP contribution in [0.1, 0.15) is 0 Å². The number of furan rings is 1. The highest BCUT2D eigenvalue weighted by molar-refractivity contribution is 7.26. The zero-order chi connectivity index (χ0) is 68.1. The van der Waals surface area contributed by atoms with Crippen LogP contribution in [-0.2, 0) is 0 Å². The van der Waals surface area contributed by atoms with E-state index in [0.717, 1.165) is 99.1 Å². The number of hydrogen-bond donors (Lipinski definition) is 0. The molecule has 17 aromatic carbocycles. The Hall–Kier alpha value is -13.7. The van der Waals surface area contributed by atoms with Crippen LogP contribution in [0.3, 0.4) is 0 Å². The summed E-state index contributed by atoms with van der Waals surface area (Å²) in [6, 6.07) is 122. The molecule has 0 radical (unpaired) electrons. The van der Waals surface area contributed by atoms with Gasteiger partial charge in [-0.25, -0.2) is 19.9 Å². The Morgan fingerprint density at radius 2 is 0.702 bits per heavy atom. The van der Waals surface area contributed by atoms with Crippen LogP contribution >= 0.6 is 11.3 Å². The van der Waals surface area contributed by atoms with E-state index in [-0.39, 0.29) is 0 Å². The first kappa shape index (κ1) is 58.2. The number of aromatic nitrogens is 6. The molecule has 0 aliphatic heterocycles. The highest BCUT2D eigenvalue weighted by Crippen LogP contribution is 2.48. The van der Waals surface area contributed by atoms with Gasteiger partial charge in [-0.3, -0.25) is 9.13 Å². The molecule has 0 aliphatic carbocycles. The molecule has 0 fully saturated rings. The number of thiophene rings is 1. The average Bonchev–Trinajstić information content (AvgIpc) is 1.52. The maximum atomic E-state index is 6.49. The summed E-state index contributed by atoms with van der Waals surface area (Å²) in [5.41, 5.74) is 16.6.